The zero-order valence-electron chi connectivity index (χ0n) is 12.1. The number of aliphatic hydroxyl groups is 1. The molecule has 0 amide bonds. The van der Waals surface area contributed by atoms with Gasteiger partial charge in [0, 0.05) is 17.6 Å². The Labute approximate surface area is 120 Å². The maximum absolute atomic E-state index is 14.1. The smallest absolute Gasteiger partial charge is 0.128 e. The van der Waals surface area contributed by atoms with E-state index in [1.54, 1.807) is 6.07 Å². The van der Waals surface area contributed by atoms with Crippen LogP contribution in [0.15, 0.2) is 24.3 Å². The predicted octanol–water partition coefficient (Wildman–Crippen LogP) is 2.45. The van der Waals surface area contributed by atoms with Crippen LogP contribution >= 0.6 is 0 Å². The first-order valence-corrected chi connectivity index (χ1v) is 7.51. The van der Waals surface area contributed by atoms with Crippen LogP contribution in [-0.4, -0.2) is 35.2 Å². The topological polar surface area (TPSA) is 49.5 Å². The van der Waals surface area contributed by atoms with Gasteiger partial charge in [-0.15, -0.1) is 0 Å². The zero-order chi connectivity index (χ0) is 14.5. The quantitative estimate of drug-likeness (QED) is 0.890. The summed E-state index contributed by atoms with van der Waals surface area (Å²) < 4.78 is 14.1. The van der Waals surface area contributed by atoms with Gasteiger partial charge in [0.25, 0.3) is 0 Å². The average Bonchev–Trinajstić information content (AvgIpc) is 2.66. The van der Waals surface area contributed by atoms with E-state index in [0.717, 1.165) is 32.2 Å². The largest absolute Gasteiger partial charge is 0.395 e. The van der Waals surface area contributed by atoms with Gasteiger partial charge in [0.15, 0.2) is 0 Å². The molecule has 0 saturated carbocycles. The maximum atomic E-state index is 14.1. The first-order chi connectivity index (χ1) is 9.65. The summed E-state index contributed by atoms with van der Waals surface area (Å²) in [5, 5.41) is 9.66. The molecule has 4 heteroatoms. The van der Waals surface area contributed by atoms with Gasteiger partial charge in [0.05, 0.1) is 12.6 Å². The molecule has 0 aliphatic carbocycles. The number of rotatable bonds is 4. The van der Waals surface area contributed by atoms with Crippen LogP contribution in [0, 0.1) is 5.82 Å². The molecule has 0 spiro atoms. The highest BCUT2D eigenvalue weighted by molar-refractivity contribution is 5.23. The number of nitrogens with two attached hydrogens (primary N) is 1. The molecule has 1 heterocycles. The molecule has 2 rings (SSSR count). The SMILES string of the molecule is CC(N)C(c1ccccc1F)N1CCCCCC1CO. The van der Waals surface area contributed by atoms with E-state index >= 15 is 0 Å². The fraction of sp³-hybridized carbons (Fsp3) is 0.625. The summed E-state index contributed by atoms with van der Waals surface area (Å²) in [4.78, 5) is 2.20. The fourth-order valence-electron chi connectivity index (χ4n) is 3.24. The molecule has 1 aliphatic heterocycles. The van der Waals surface area contributed by atoms with E-state index < -0.39 is 0 Å². The van der Waals surface area contributed by atoms with Crippen molar-refractivity contribution < 1.29 is 9.50 Å². The molecular formula is C16H25FN2O. The highest BCUT2D eigenvalue weighted by atomic mass is 19.1. The second kappa shape index (κ2) is 7.16. The molecule has 0 bridgehead atoms. The van der Waals surface area contributed by atoms with Crippen LogP contribution in [0.4, 0.5) is 4.39 Å². The molecule has 1 aliphatic rings. The molecule has 1 saturated heterocycles. The van der Waals surface area contributed by atoms with Crippen molar-refractivity contribution in [1.82, 2.24) is 4.90 Å². The maximum Gasteiger partial charge on any atom is 0.128 e. The number of nitrogens with zero attached hydrogens (tertiary/aromatic N) is 1. The molecule has 1 fully saturated rings. The second-order valence-electron chi connectivity index (χ2n) is 5.75. The third kappa shape index (κ3) is 3.37. The van der Waals surface area contributed by atoms with Crippen molar-refractivity contribution in [3.8, 4) is 0 Å². The Bertz CT molecular complexity index is 425. The Morgan fingerprint density at radius 1 is 1.35 bits per heavy atom. The minimum atomic E-state index is -0.212. The van der Waals surface area contributed by atoms with Crippen molar-refractivity contribution in [3.05, 3.63) is 35.6 Å². The summed E-state index contributed by atoms with van der Waals surface area (Å²) in [5.74, 6) is -0.212. The van der Waals surface area contributed by atoms with Crippen LogP contribution in [0.1, 0.15) is 44.2 Å². The van der Waals surface area contributed by atoms with Crippen molar-refractivity contribution in [2.24, 2.45) is 5.73 Å². The lowest BCUT2D eigenvalue weighted by Crippen LogP contribution is -2.46. The van der Waals surface area contributed by atoms with Crippen molar-refractivity contribution in [2.75, 3.05) is 13.2 Å². The van der Waals surface area contributed by atoms with Crippen LogP contribution < -0.4 is 5.73 Å². The number of hydrogen-bond donors (Lipinski definition) is 2. The minimum absolute atomic E-state index is 0.0770. The molecule has 1 aromatic carbocycles. The van der Waals surface area contributed by atoms with Gasteiger partial charge in [0.1, 0.15) is 5.82 Å². The summed E-state index contributed by atoms with van der Waals surface area (Å²) in [6, 6.07) is 6.56. The number of halogens is 1. The summed E-state index contributed by atoms with van der Waals surface area (Å²) in [5.41, 5.74) is 6.79. The first kappa shape index (κ1) is 15.4. The Morgan fingerprint density at radius 3 is 2.75 bits per heavy atom. The van der Waals surface area contributed by atoms with Crippen LogP contribution in [-0.2, 0) is 0 Å². The third-order valence-electron chi connectivity index (χ3n) is 4.21. The predicted molar refractivity (Wildman–Crippen MR) is 78.8 cm³/mol. The number of aliphatic hydroxyl groups excluding tert-OH is 1. The van der Waals surface area contributed by atoms with E-state index in [9.17, 15) is 9.50 Å². The molecule has 3 N–H and O–H groups in total. The lowest BCUT2D eigenvalue weighted by molar-refractivity contribution is 0.0731. The second-order valence-corrected chi connectivity index (χ2v) is 5.75. The minimum Gasteiger partial charge on any atom is -0.395 e. The Kier molecular flexibility index (Phi) is 5.52. The van der Waals surface area contributed by atoms with Gasteiger partial charge in [-0.2, -0.15) is 0 Å². The summed E-state index contributed by atoms with van der Waals surface area (Å²) in [6.45, 7) is 2.89. The van der Waals surface area contributed by atoms with E-state index in [1.807, 2.05) is 19.1 Å². The van der Waals surface area contributed by atoms with Crippen LogP contribution in [0.25, 0.3) is 0 Å². The summed E-state index contributed by atoms with van der Waals surface area (Å²) >= 11 is 0. The van der Waals surface area contributed by atoms with Crippen LogP contribution in [0.5, 0.6) is 0 Å². The zero-order valence-corrected chi connectivity index (χ0v) is 12.1. The third-order valence-corrected chi connectivity index (χ3v) is 4.21. The Hall–Kier alpha value is -0.970. The van der Waals surface area contributed by atoms with Gasteiger partial charge in [-0.3, -0.25) is 4.90 Å². The molecular weight excluding hydrogens is 255 g/mol. The number of benzene rings is 1. The van der Waals surface area contributed by atoms with E-state index in [1.165, 1.54) is 6.07 Å². The van der Waals surface area contributed by atoms with Crippen LogP contribution in [0.2, 0.25) is 0 Å². The molecule has 3 unspecified atom stereocenters. The van der Waals surface area contributed by atoms with Crippen molar-refractivity contribution in [2.45, 2.75) is 50.7 Å². The normalized spacial score (nSPS) is 24.1. The van der Waals surface area contributed by atoms with E-state index in [2.05, 4.69) is 4.90 Å². The Balaban J connectivity index is 2.33. The average molecular weight is 280 g/mol. The van der Waals surface area contributed by atoms with Crippen molar-refractivity contribution in [1.29, 1.82) is 0 Å². The molecule has 3 atom stereocenters. The van der Waals surface area contributed by atoms with Gasteiger partial charge in [-0.25, -0.2) is 4.39 Å². The highest BCUT2D eigenvalue weighted by Crippen LogP contribution is 2.31. The van der Waals surface area contributed by atoms with Gasteiger partial charge >= 0.3 is 0 Å². The monoisotopic (exact) mass is 280 g/mol. The van der Waals surface area contributed by atoms with Gasteiger partial charge < -0.3 is 10.8 Å². The highest BCUT2D eigenvalue weighted by Gasteiger charge is 2.32. The van der Waals surface area contributed by atoms with E-state index in [-0.39, 0.29) is 30.5 Å². The van der Waals surface area contributed by atoms with E-state index in [0.29, 0.717) is 5.56 Å². The lowest BCUT2D eigenvalue weighted by atomic mass is 9.96. The summed E-state index contributed by atoms with van der Waals surface area (Å²) in [6.07, 6.45) is 4.31. The number of hydrogen-bond acceptors (Lipinski definition) is 3. The lowest BCUT2D eigenvalue weighted by Gasteiger charge is -2.38. The molecule has 20 heavy (non-hydrogen) atoms. The van der Waals surface area contributed by atoms with Crippen molar-refractivity contribution in [3.63, 3.8) is 0 Å². The van der Waals surface area contributed by atoms with Gasteiger partial charge in [-0.05, 0) is 32.4 Å². The first-order valence-electron chi connectivity index (χ1n) is 7.51. The Morgan fingerprint density at radius 2 is 2.10 bits per heavy atom. The molecule has 112 valence electrons. The molecule has 3 nitrogen and oxygen atoms in total. The molecule has 1 aromatic rings. The van der Waals surface area contributed by atoms with E-state index in [4.69, 9.17) is 5.73 Å². The van der Waals surface area contributed by atoms with Gasteiger partial charge in [-0.1, -0.05) is 31.0 Å². The fourth-order valence-corrected chi connectivity index (χ4v) is 3.24. The van der Waals surface area contributed by atoms with Gasteiger partial charge in [0.2, 0.25) is 0 Å². The molecule has 0 radical (unpaired) electrons. The van der Waals surface area contributed by atoms with Crippen LogP contribution in [0.3, 0.4) is 0 Å². The number of likely N-dealkylation sites (tertiary alicyclic amines) is 1. The van der Waals surface area contributed by atoms with Crippen molar-refractivity contribution >= 4 is 0 Å². The summed E-state index contributed by atoms with van der Waals surface area (Å²) in [7, 11) is 0. The molecule has 0 aromatic heterocycles. The standard InChI is InChI=1S/C16H25FN2O/c1-12(18)16(14-8-4-5-9-15(14)17)19-10-6-2-3-7-13(19)11-20/h4-5,8-9,12-13,16,20H,2-3,6-7,10-11,18H2,1H3.